The Balaban J connectivity index is 2.04. The fourth-order valence-corrected chi connectivity index (χ4v) is 3.08. The van der Waals surface area contributed by atoms with Gasteiger partial charge in [0, 0.05) is 33.3 Å². The van der Waals surface area contributed by atoms with Gasteiger partial charge < -0.3 is 15.4 Å². The van der Waals surface area contributed by atoms with Gasteiger partial charge in [0.1, 0.15) is 10.8 Å². The number of nitrogen functional groups attached to an aromatic ring is 1. The molecule has 19 heavy (non-hydrogen) atoms. The average molecular weight is 283 g/mol. The quantitative estimate of drug-likeness (QED) is 0.601. The molecule has 1 aliphatic rings. The van der Waals surface area contributed by atoms with E-state index in [0.717, 1.165) is 48.3 Å². The predicted octanol–water partition coefficient (Wildman–Crippen LogP) is 0.321. The van der Waals surface area contributed by atoms with Crippen LogP contribution in [-0.2, 0) is 17.9 Å². The van der Waals surface area contributed by atoms with E-state index in [1.807, 2.05) is 0 Å². The second-order valence-corrected chi connectivity index (χ2v) is 5.89. The lowest BCUT2D eigenvalue weighted by Gasteiger charge is -2.31. The summed E-state index contributed by atoms with van der Waals surface area (Å²) in [5.74, 6) is 0.0779. The van der Waals surface area contributed by atoms with Crippen molar-refractivity contribution in [2.75, 3.05) is 40.3 Å². The Bertz CT molecular complexity index is 439. The molecule has 0 unspecified atom stereocenters. The SMILES string of the molecule is COCc1nc(CN2CCN(C)CC2)sc1C(=N)N. The average Bonchev–Trinajstić information content (AvgIpc) is 2.76. The van der Waals surface area contributed by atoms with Gasteiger partial charge in [-0.2, -0.15) is 0 Å². The van der Waals surface area contributed by atoms with Gasteiger partial charge in [0.25, 0.3) is 0 Å². The number of nitrogens with zero attached hydrogens (tertiary/aromatic N) is 3. The molecule has 0 atom stereocenters. The zero-order valence-electron chi connectivity index (χ0n) is 11.5. The Morgan fingerprint density at radius 2 is 2.11 bits per heavy atom. The Kier molecular flexibility index (Phi) is 4.87. The van der Waals surface area contributed by atoms with E-state index < -0.39 is 0 Å². The number of rotatable bonds is 5. The third-order valence-electron chi connectivity index (χ3n) is 3.22. The Morgan fingerprint density at radius 1 is 1.42 bits per heavy atom. The number of aromatic nitrogens is 1. The second-order valence-electron chi connectivity index (χ2n) is 4.81. The van der Waals surface area contributed by atoms with E-state index in [9.17, 15) is 0 Å². The maximum Gasteiger partial charge on any atom is 0.135 e. The van der Waals surface area contributed by atoms with Crippen LogP contribution in [-0.4, -0.2) is 61.0 Å². The highest BCUT2D eigenvalue weighted by Gasteiger charge is 2.18. The Morgan fingerprint density at radius 3 is 2.68 bits per heavy atom. The van der Waals surface area contributed by atoms with E-state index in [1.54, 1.807) is 7.11 Å². The molecule has 0 saturated carbocycles. The van der Waals surface area contributed by atoms with Gasteiger partial charge in [-0.3, -0.25) is 10.3 Å². The molecule has 0 spiro atoms. The van der Waals surface area contributed by atoms with Crippen molar-refractivity contribution >= 4 is 17.2 Å². The van der Waals surface area contributed by atoms with Crippen LogP contribution in [0.1, 0.15) is 15.6 Å². The van der Waals surface area contributed by atoms with Crippen molar-refractivity contribution in [3.05, 3.63) is 15.6 Å². The molecule has 2 rings (SSSR count). The van der Waals surface area contributed by atoms with Crippen molar-refractivity contribution in [3.63, 3.8) is 0 Å². The maximum atomic E-state index is 7.59. The number of methoxy groups -OCH3 is 1. The van der Waals surface area contributed by atoms with Gasteiger partial charge in [-0.1, -0.05) is 0 Å². The maximum absolute atomic E-state index is 7.59. The number of hydrogen-bond donors (Lipinski definition) is 2. The first-order valence-corrected chi connectivity index (χ1v) is 7.14. The monoisotopic (exact) mass is 283 g/mol. The van der Waals surface area contributed by atoms with Crippen LogP contribution in [0.4, 0.5) is 0 Å². The normalized spacial score (nSPS) is 17.8. The van der Waals surface area contributed by atoms with Gasteiger partial charge in [-0.15, -0.1) is 11.3 Å². The van der Waals surface area contributed by atoms with Crippen molar-refractivity contribution in [3.8, 4) is 0 Å². The highest BCUT2D eigenvalue weighted by molar-refractivity contribution is 7.13. The highest BCUT2D eigenvalue weighted by Crippen LogP contribution is 2.20. The van der Waals surface area contributed by atoms with Crippen molar-refractivity contribution in [1.82, 2.24) is 14.8 Å². The number of nitrogens with one attached hydrogen (secondary N) is 1. The zero-order chi connectivity index (χ0) is 13.8. The molecule has 0 aromatic carbocycles. The largest absolute Gasteiger partial charge is 0.383 e. The lowest BCUT2D eigenvalue weighted by atomic mass is 10.3. The third kappa shape index (κ3) is 3.73. The van der Waals surface area contributed by atoms with Gasteiger partial charge in [0.15, 0.2) is 0 Å². The van der Waals surface area contributed by atoms with E-state index in [4.69, 9.17) is 15.9 Å². The fraction of sp³-hybridized carbons (Fsp3) is 0.667. The van der Waals surface area contributed by atoms with E-state index in [0.29, 0.717) is 6.61 Å². The predicted molar refractivity (Wildman–Crippen MR) is 76.6 cm³/mol. The van der Waals surface area contributed by atoms with E-state index in [2.05, 4.69) is 21.8 Å². The minimum atomic E-state index is 0.0779. The molecule has 0 aliphatic carbocycles. The van der Waals surface area contributed by atoms with Gasteiger partial charge in [0.2, 0.25) is 0 Å². The molecule has 0 radical (unpaired) electrons. The molecule has 2 heterocycles. The van der Waals surface area contributed by atoms with Crippen LogP contribution in [0.15, 0.2) is 0 Å². The van der Waals surface area contributed by atoms with Crippen molar-refractivity contribution in [2.45, 2.75) is 13.2 Å². The number of ether oxygens (including phenoxy) is 1. The molecule has 6 nitrogen and oxygen atoms in total. The first-order valence-electron chi connectivity index (χ1n) is 6.33. The number of thiazole rings is 1. The van der Waals surface area contributed by atoms with Gasteiger partial charge in [0.05, 0.1) is 23.7 Å². The fourth-order valence-electron chi connectivity index (χ4n) is 2.11. The minimum absolute atomic E-state index is 0.0779. The Labute approximate surface area is 117 Å². The standard InChI is InChI=1S/C12H21N5OS/c1-16-3-5-17(6-4-16)7-10-15-9(8-18-2)11(19-10)12(13)14/h3-8H2,1-2H3,(H3,13,14). The van der Waals surface area contributed by atoms with Crippen LogP contribution in [0.3, 0.4) is 0 Å². The van der Waals surface area contributed by atoms with Gasteiger partial charge in [-0.25, -0.2) is 4.98 Å². The molecule has 1 aromatic heterocycles. The molecule has 0 bridgehead atoms. The van der Waals surface area contributed by atoms with Crippen LogP contribution < -0.4 is 5.73 Å². The number of nitrogens with two attached hydrogens (primary N) is 1. The number of piperazine rings is 1. The third-order valence-corrected chi connectivity index (χ3v) is 4.34. The summed E-state index contributed by atoms with van der Waals surface area (Å²) >= 11 is 1.51. The molecule has 1 saturated heterocycles. The Hall–Kier alpha value is -1.02. The molecule has 0 amide bonds. The summed E-state index contributed by atoms with van der Waals surface area (Å²) in [6.07, 6.45) is 0. The van der Waals surface area contributed by atoms with Gasteiger partial charge >= 0.3 is 0 Å². The van der Waals surface area contributed by atoms with Crippen molar-refractivity contribution in [1.29, 1.82) is 5.41 Å². The molecule has 1 aromatic rings. The summed E-state index contributed by atoms with van der Waals surface area (Å²) in [4.78, 5) is 10.0. The van der Waals surface area contributed by atoms with Crippen molar-refractivity contribution < 1.29 is 4.74 Å². The van der Waals surface area contributed by atoms with E-state index in [-0.39, 0.29) is 5.84 Å². The lowest BCUT2D eigenvalue weighted by Crippen LogP contribution is -2.43. The summed E-state index contributed by atoms with van der Waals surface area (Å²) in [5.41, 5.74) is 6.37. The molecule has 7 heteroatoms. The molecular formula is C12H21N5OS. The molecule has 1 aliphatic heterocycles. The van der Waals surface area contributed by atoms with Crippen molar-refractivity contribution in [2.24, 2.45) is 5.73 Å². The second kappa shape index (κ2) is 6.42. The summed E-state index contributed by atoms with van der Waals surface area (Å²) < 4.78 is 5.11. The number of likely N-dealkylation sites (N-methyl/N-ethyl adjacent to an activating group) is 1. The van der Waals surface area contributed by atoms with E-state index in [1.165, 1.54) is 11.3 Å². The molecule has 106 valence electrons. The minimum Gasteiger partial charge on any atom is -0.383 e. The highest BCUT2D eigenvalue weighted by atomic mass is 32.1. The zero-order valence-corrected chi connectivity index (χ0v) is 12.3. The van der Waals surface area contributed by atoms with Crippen LogP contribution >= 0.6 is 11.3 Å². The summed E-state index contributed by atoms with van der Waals surface area (Å²) in [5, 5.41) is 8.60. The molecule has 3 N–H and O–H groups in total. The van der Waals surface area contributed by atoms with E-state index >= 15 is 0 Å². The summed E-state index contributed by atoms with van der Waals surface area (Å²) in [6, 6.07) is 0. The molecule has 1 fully saturated rings. The smallest absolute Gasteiger partial charge is 0.135 e. The number of hydrogen-bond acceptors (Lipinski definition) is 6. The number of amidine groups is 1. The first kappa shape index (κ1) is 14.4. The molecular weight excluding hydrogens is 262 g/mol. The topological polar surface area (TPSA) is 78.5 Å². The van der Waals surface area contributed by atoms with Crippen LogP contribution in [0.2, 0.25) is 0 Å². The summed E-state index contributed by atoms with van der Waals surface area (Å²) in [7, 11) is 3.77. The van der Waals surface area contributed by atoms with Crippen LogP contribution in [0.25, 0.3) is 0 Å². The lowest BCUT2D eigenvalue weighted by molar-refractivity contribution is 0.147. The summed E-state index contributed by atoms with van der Waals surface area (Å²) in [6.45, 7) is 5.55. The first-order chi connectivity index (χ1) is 9.10. The van der Waals surface area contributed by atoms with Gasteiger partial charge in [-0.05, 0) is 7.05 Å². The van der Waals surface area contributed by atoms with Crippen LogP contribution in [0.5, 0.6) is 0 Å². The van der Waals surface area contributed by atoms with Crippen LogP contribution in [0, 0.1) is 5.41 Å².